The van der Waals surface area contributed by atoms with Gasteiger partial charge in [0.2, 0.25) is 11.9 Å². The number of anilines is 1. The molecule has 1 aromatic carbocycles. The molecule has 0 aliphatic carbocycles. The normalized spacial score (nSPS) is 14.9. The van der Waals surface area contributed by atoms with Crippen molar-refractivity contribution in [2.24, 2.45) is 0 Å². The van der Waals surface area contributed by atoms with E-state index in [1.165, 1.54) is 0 Å². The Labute approximate surface area is 122 Å². The standard InChI is InChI=1S/C15H18N4O2/c20-13-7-3-9-19(13)10-4-8-16-15-17-12-6-2-1-5-11(12)14(21)18-15/h1-2,5-6H,3-4,7-10H2,(H2,16,17,18,21). The fourth-order valence-electron chi connectivity index (χ4n) is 2.59. The molecule has 2 heterocycles. The predicted molar refractivity (Wildman–Crippen MR) is 81.3 cm³/mol. The van der Waals surface area contributed by atoms with Crippen molar-refractivity contribution in [2.45, 2.75) is 19.3 Å². The number of carbonyl (C=O) groups is 1. The molecule has 1 amide bonds. The minimum Gasteiger partial charge on any atom is -0.356 e. The average molecular weight is 286 g/mol. The third-order valence-electron chi connectivity index (χ3n) is 3.68. The van der Waals surface area contributed by atoms with Crippen LogP contribution in [0.2, 0.25) is 0 Å². The predicted octanol–water partition coefficient (Wildman–Crippen LogP) is 1.35. The van der Waals surface area contributed by atoms with Crippen LogP contribution >= 0.6 is 0 Å². The maximum Gasteiger partial charge on any atom is 0.260 e. The van der Waals surface area contributed by atoms with Crippen molar-refractivity contribution in [1.82, 2.24) is 14.9 Å². The molecule has 0 radical (unpaired) electrons. The van der Waals surface area contributed by atoms with Crippen molar-refractivity contribution in [2.75, 3.05) is 25.0 Å². The molecule has 0 saturated carbocycles. The average Bonchev–Trinajstić information content (AvgIpc) is 2.89. The van der Waals surface area contributed by atoms with E-state index >= 15 is 0 Å². The van der Waals surface area contributed by atoms with Crippen molar-refractivity contribution in [3.63, 3.8) is 0 Å². The topological polar surface area (TPSA) is 78.1 Å². The lowest BCUT2D eigenvalue weighted by Crippen LogP contribution is -2.27. The lowest BCUT2D eigenvalue weighted by Gasteiger charge is -2.15. The summed E-state index contributed by atoms with van der Waals surface area (Å²) < 4.78 is 0. The molecule has 2 aromatic rings. The minimum absolute atomic E-state index is 0.141. The van der Waals surface area contributed by atoms with E-state index < -0.39 is 0 Å². The molecule has 1 aliphatic rings. The number of aromatic amines is 1. The smallest absolute Gasteiger partial charge is 0.260 e. The largest absolute Gasteiger partial charge is 0.356 e. The van der Waals surface area contributed by atoms with Crippen molar-refractivity contribution in [3.05, 3.63) is 34.6 Å². The lowest BCUT2D eigenvalue weighted by molar-refractivity contribution is -0.127. The zero-order valence-electron chi connectivity index (χ0n) is 11.8. The van der Waals surface area contributed by atoms with E-state index in [9.17, 15) is 9.59 Å². The molecule has 110 valence electrons. The van der Waals surface area contributed by atoms with E-state index in [-0.39, 0.29) is 11.5 Å². The Kier molecular flexibility index (Phi) is 3.85. The van der Waals surface area contributed by atoms with E-state index in [0.717, 1.165) is 25.9 Å². The van der Waals surface area contributed by atoms with Gasteiger partial charge >= 0.3 is 0 Å². The summed E-state index contributed by atoms with van der Waals surface area (Å²) in [5.74, 6) is 0.721. The quantitative estimate of drug-likeness (QED) is 0.813. The number of hydrogen-bond acceptors (Lipinski definition) is 4. The second kappa shape index (κ2) is 5.95. The van der Waals surface area contributed by atoms with E-state index in [0.29, 0.717) is 29.8 Å². The Morgan fingerprint density at radius 1 is 1.29 bits per heavy atom. The van der Waals surface area contributed by atoms with Gasteiger partial charge < -0.3 is 10.2 Å². The van der Waals surface area contributed by atoms with Crippen molar-refractivity contribution in [1.29, 1.82) is 0 Å². The van der Waals surface area contributed by atoms with Crippen LogP contribution in [0.4, 0.5) is 5.95 Å². The van der Waals surface area contributed by atoms with Crippen LogP contribution in [0, 0.1) is 0 Å². The fourth-order valence-corrected chi connectivity index (χ4v) is 2.59. The maximum atomic E-state index is 11.9. The van der Waals surface area contributed by atoms with Crippen LogP contribution in [-0.4, -0.2) is 40.4 Å². The van der Waals surface area contributed by atoms with Crippen LogP contribution in [0.3, 0.4) is 0 Å². The number of benzene rings is 1. The Morgan fingerprint density at radius 3 is 2.95 bits per heavy atom. The van der Waals surface area contributed by atoms with Crippen LogP contribution in [-0.2, 0) is 4.79 Å². The summed E-state index contributed by atoms with van der Waals surface area (Å²) in [5, 5.41) is 3.70. The highest BCUT2D eigenvalue weighted by Crippen LogP contribution is 2.10. The van der Waals surface area contributed by atoms with E-state index in [1.807, 2.05) is 23.1 Å². The number of rotatable bonds is 5. The molecular formula is C15H18N4O2. The Morgan fingerprint density at radius 2 is 2.14 bits per heavy atom. The van der Waals surface area contributed by atoms with Gasteiger partial charge in [-0.2, -0.15) is 0 Å². The van der Waals surface area contributed by atoms with Gasteiger partial charge in [-0.05, 0) is 25.0 Å². The number of H-pyrrole nitrogens is 1. The Hall–Kier alpha value is -2.37. The summed E-state index contributed by atoms with van der Waals surface area (Å²) in [4.78, 5) is 32.4. The first-order chi connectivity index (χ1) is 10.2. The summed E-state index contributed by atoms with van der Waals surface area (Å²) in [7, 11) is 0. The molecule has 6 heteroatoms. The monoisotopic (exact) mass is 286 g/mol. The van der Waals surface area contributed by atoms with Crippen molar-refractivity contribution >= 4 is 22.8 Å². The number of hydrogen-bond donors (Lipinski definition) is 2. The number of para-hydroxylation sites is 1. The summed E-state index contributed by atoms with van der Waals surface area (Å²) in [6.45, 7) is 2.29. The Bertz CT molecular complexity index is 710. The molecule has 1 fully saturated rings. The van der Waals surface area contributed by atoms with Gasteiger partial charge in [0.15, 0.2) is 0 Å². The molecule has 1 aliphatic heterocycles. The zero-order valence-corrected chi connectivity index (χ0v) is 11.8. The van der Waals surface area contributed by atoms with Crippen LogP contribution in [0.5, 0.6) is 0 Å². The summed E-state index contributed by atoms with van der Waals surface area (Å²) in [5.41, 5.74) is 0.538. The van der Waals surface area contributed by atoms with Crippen molar-refractivity contribution < 1.29 is 4.79 Å². The Balaban J connectivity index is 1.58. The number of carbonyl (C=O) groups excluding carboxylic acids is 1. The first-order valence-corrected chi connectivity index (χ1v) is 7.25. The molecule has 0 atom stereocenters. The SMILES string of the molecule is O=C1CCCN1CCCNc1nc2ccccc2c(=O)[nH]1. The lowest BCUT2D eigenvalue weighted by atomic mass is 10.2. The summed E-state index contributed by atoms with van der Waals surface area (Å²) in [6.07, 6.45) is 2.47. The summed E-state index contributed by atoms with van der Waals surface area (Å²) in [6, 6.07) is 7.25. The number of nitrogens with zero attached hydrogens (tertiary/aromatic N) is 2. The molecule has 0 spiro atoms. The second-order valence-electron chi connectivity index (χ2n) is 5.20. The van der Waals surface area contributed by atoms with E-state index in [4.69, 9.17) is 0 Å². The molecule has 1 saturated heterocycles. The third kappa shape index (κ3) is 3.04. The summed E-state index contributed by atoms with van der Waals surface area (Å²) >= 11 is 0. The van der Waals surface area contributed by atoms with Gasteiger partial charge in [-0.3, -0.25) is 14.6 Å². The van der Waals surface area contributed by atoms with Gasteiger partial charge in [-0.15, -0.1) is 0 Å². The molecular weight excluding hydrogens is 268 g/mol. The molecule has 2 N–H and O–H groups in total. The minimum atomic E-state index is -0.141. The van der Waals surface area contributed by atoms with Gasteiger partial charge in [0.05, 0.1) is 10.9 Å². The molecule has 1 aromatic heterocycles. The number of fused-ring (bicyclic) bond motifs is 1. The van der Waals surface area contributed by atoms with Gasteiger partial charge in [0.25, 0.3) is 5.56 Å². The van der Waals surface area contributed by atoms with Crippen LogP contribution in [0.15, 0.2) is 29.1 Å². The third-order valence-corrected chi connectivity index (χ3v) is 3.68. The molecule has 21 heavy (non-hydrogen) atoms. The van der Waals surface area contributed by atoms with Crippen LogP contribution < -0.4 is 10.9 Å². The number of aromatic nitrogens is 2. The highest BCUT2D eigenvalue weighted by molar-refractivity contribution is 5.78. The second-order valence-corrected chi connectivity index (χ2v) is 5.20. The zero-order chi connectivity index (χ0) is 14.7. The maximum absolute atomic E-state index is 11.9. The number of likely N-dealkylation sites (tertiary alicyclic amines) is 1. The molecule has 0 bridgehead atoms. The van der Waals surface area contributed by atoms with E-state index in [2.05, 4.69) is 15.3 Å². The highest BCUT2D eigenvalue weighted by atomic mass is 16.2. The van der Waals surface area contributed by atoms with Crippen molar-refractivity contribution in [3.8, 4) is 0 Å². The van der Waals surface area contributed by atoms with Gasteiger partial charge in [0.1, 0.15) is 0 Å². The first-order valence-electron chi connectivity index (χ1n) is 7.25. The van der Waals surface area contributed by atoms with Crippen LogP contribution in [0.25, 0.3) is 10.9 Å². The van der Waals surface area contributed by atoms with Crippen LogP contribution in [0.1, 0.15) is 19.3 Å². The molecule has 3 rings (SSSR count). The fraction of sp³-hybridized carbons (Fsp3) is 0.400. The van der Waals surface area contributed by atoms with Gasteiger partial charge in [0, 0.05) is 26.1 Å². The van der Waals surface area contributed by atoms with Gasteiger partial charge in [-0.25, -0.2) is 4.98 Å². The first kappa shape index (κ1) is 13.6. The van der Waals surface area contributed by atoms with Gasteiger partial charge in [-0.1, -0.05) is 12.1 Å². The number of nitrogens with one attached hydrogen (secondary N) is 2. The highest BCUT2D eigenvalue weighted by Gasteiger charge is 2.18. The van der Waals surface area contributed by atoms with E-state index in [1.54, 1.807) is 6.07 Å². The molecule has 6 nitrogen and oxygen atoms in total. The number of amides is 1. The molecule has 0 unspecified atom stereocenters.